The van der Waals surface area contributed by atoms with Crippen molar-refractivity contribution in [2.45, 2.75) is 56.7 Å². The Morgan fingerprint density at radius 3 is 2.79 bits per heavy atom. The molecule has 2 aliphatic rings. The first-order chi connectivity index (χ1) is 8.88. The van der Waals surface area contributed by atoms with Gasteiger partial charge in [-0.2, -0.15) is 0 Å². The molecule has 1 amide bonds. The maximum atomic E-state index is 11.8. The minimum Gasteiger partial charge on any atom is -0.373 e. The number of nitrogens with two attached hydrogens (primary N) is 1. The average Bonchev–Trinajstić information content (AvgIpc) is 2.37. The third-order valence-corrected chi connectivity index (χ3v) is 4.65. The highest BCUT2D eigenvalue weighted by Gasteiger charge is 2.43. The molecular formula is C14H27N3O2. The number of primary amides is 1. The van der Waals surface area contributed by atoms with E-state index in [-0.39, 0.29) is 11.5 Å². The van der Waals surface area contributed by atoms with Crippen LogP contribution in [0, 0.1) is 0 Å². The second-order valence-corrected chi connectivity index (χ2v) is 6.53. The summed E-state index contributed by atoms with van der Waals surface area (Å²) in [7, 11) is 1.84. The van der Waals surface area contributed by atoms with Crippen LogP contribution in [0.3, 0.4) is 0 Å². The lowest BCUT2D eigenvalue weighted by molar-refractivity contribution is -0.129. The van der Waals surface area contributed by atoms with Gasteiger partial charge in [0, 0.05) is 19.1 Å². The highest BCUT2D eigenvalue weighted by molar-refractivity contribution is 5.84. The number of rotatable bonds is 3. The van der Waals surface area contributed by atoms with E-state index in [0.717, 1.165) is 45.4 Å². The van der Waals surface area contributed by atoms with Gasteiger partial charge in [-0.05, 0) is 46.6 Å². The molecule has 2 fully saturated rings. The highest BCUT2D eigenvalue weighted by atomic mass is 16.5. The van der Waals surface area contributed by atoms with Crippen molar-refractivity contribution in [1.82, 2.24) is 10.2 Å². The zero-order chi connectivity index (χ0) is 14.1. The summed E-state index contributed by atoms with van der Waals surface area (Å²) >= 11 is 0. The quantitative estimate of drug-likeness (QED) is 0.782. The molecule has 0 aromatic carbocycles. The second kappa shape index (κ2) is 5.38. The lowest BCUT2D eigenvalue weighted by Gasteiger charge is -2.47. The fourth-order valence-corrected chi connectivity index (χ4v) is 3.50. The van der Waals surface area contributed by atoms with Crippen molar-refractivity contribution in [3.8, 4) is 0 Å². The van der Waals surface area contributed by atoms with Crippen LogP contribution in [0.25, 0.3) is 0 Å². The normalized spacial score (nSPS) is 36.1. The number of ether oxygens (including phenoxy) is 1. The number of hydrogen-bond donors (Lipinski definition) is 2. The largest absolute Gasteiger partial charge is 0.373 e. The molecule has 1 aliphatic heterocycles. The summed E-state index contributed by atoms with van der Waals surface area (Å²) < 4.78 is 5.76. The van der Waals surface area contributed by atoms with Gasteiger partial charge in [0.25, 0.3) is 0 Å². The van der Waals surface area contributed by atoms with Gasteiger partial charge in [0.05, 0.1) is 17.7 Å². The minimum absolute atomic E-state index is 0.0925. The van der Waals surface area contributed by atoms with E-state index in [0.29, 0.717) is 6.04 Å². The highest BCUT2D eigenvalue weighted by Crippen LogP contribution is 2.32. The number of amides is 1. The van der Waals surface area contributed by atoms with E-state index >= 15 is 0 Å². The fraction of sp³-hybridized carbons (Fsp3) is 0.929. The SMILES string of the molecule is CNC1(C(N)=O)CCCC(N2CCOC(C)(C)C2)C1. The fourth-order valence-electron chi connectivity index (χ4n) is 3.50. The summed E-state index contributed by atoms with van der Waals surface area (Å²) in [5.74, 6) is -0.216. The van der Waals surface area contributed by atoms with Gasteiger partial charge in [0.1, 0.15) is 0 Å². The summed E-state index contributed by atoms with van der Waals surface area (Å²) in [6.07, 6.45) is 3.86. The van der Waals surface area contributed by atoms with Crippen molar-refractivity contribution in [1.29, 1.82) is 0 Å². The molecule has 0 bridgehead atoms. The maximum absolute atomic E-state index is 11.8. The van der Waals surface area contributed by atoms with E-state index in [4.69, 9.17) is 10.5 Å². The molecule has 2 unspecified atom stereocenters. The van der Waals surface area contributed by atoms with Gasteiger partial charge >= 0.3 is 0 Å². The predicted molar refractivity (Wildman–Crippen MR) is 74.8 cm³/mol. The maximum Gasteiger partial charge on any atom is 0.237 e. The first-order valence-corrected chi connectivity index (χ1v) is 7.25. The van der Waals surface area contributed by atoms with Crippen LogP contribution in [0.2, 0.25) is 0 Å². The Balaban J connectivity index is 2.06. The van der Waals surface area contributed by atoms with Crippen molar-refractivity contribution in [2.75, 3.05) is 26.7 Å². The molecule has 19 heavy (non-hydrogen) atoms. The smallest absolute Gasteiger partial charge is 0.237 e. The Bertz CT molecular complexity index is 346. The van der Waals surface area contributed by atoms with Gasteiger partial charge in [-0.1, -0.05) is 0 Å². The summed E-state index contributed by atoms with van der Waals surface area (Å²) in [6, 6.07) is 0.428. The molecule has 5 heteroatoms. The molecule has 5 nitrogen and oxygen atoms in total. The van der Waals surface area contributed by atoms with E-state index in [1.165, 1.54) is 0 Å². The Morgan fingerprint density at radius 2 is 2.21 bits per heavy atom. The van der Waals surface area contributed by atoms with E-state index < -0.39 is 5.54 Å². The van der Waals surface area contributed by atoms with Crippen LogP contribution in [-0.2, 0) is 9.53 Å². The van der Waals surface area contributed by atoms with Crippen LogP contribution in [0.4, 0.5) is 0 Å². The molecule has 1 saturated heterocycles. The Morgan fingerprint density at radius 1 is 1.47 bits per heavy atom. The molecule has 2 atom stereocenters. The van der Waals surface area contributed by atoms with Gasteiger partial charge in [-0.25, -0.2) is 0 Å². The Kier molecular flexibility index (Phi) is 4.18. The molecule has 110 valence electrons. The number of morpholine rings is 1. The second-order valence-electron chi connectivity index (χ2n) is 6.53. The third-order valence-electron chi connectivity index (χ3n) is 4.65. The van der Waals surface area contributed by atoms with Gasteiger partial charge < -0.3 is 15.8 Å². The molecule has 1 heterocycles. The van der Waals surface area contributed by atoms with E-state index in [2.05, 4.69) is 24.1 Å². The van der Waals surface area contributed by atoms with E-state index in [1.54, 1.807) is 0 Å². The van der Waals surface area contributed by atoms with Crippen LogP contribution in [0.5, 0.6) is 0 Å². The van der Waals surface area contributed by atoms with E-state index in [1.807, 2.05) is 7.05 Å². The summed E-state index contributed by atoms with van der Waals surface area (Å²) in [5, 5.41) is 3.17. The average molecular weight is 269 g/mol. The number of carbonyl (C=O) groups excluding carboxylic acids is 1. The molecule has 0 aromatic rings. The van der Waals surface area contributed by atoms with Crippen molar-refractivity contribution in [3.05, 3.63) is 0 Å². The summed E-state index contributed by atoms with van der Waals surface area (Å²) in [6.45, 7) is 6.90. The molecule has 1 aliphatic carbocycles. The summed E-state index contributed by atoms with van der Waals surface area (Å²) in [4.78, 5) is 14.2. The summed E-state index contributed by atoms with van der Waals surface area (Å²) in [5.41, 5.74) is 5.00. The molecule has 2 rings (SSSR count). The van der Waals surface area contributed by atoms with E-state index in [9.17, 15) is 4.79 Å². The lowest BCUT2D eigenvalue weighted by Crippen LogP contribution is -2.61. The number of nitrogens with zero attached hydrogens (tertiary/aromatic N) is 1. The zero-order valence-corrected chi connectivity index (χ0v) is 12.4. The molecule has 3 N–H and O–H groups in total. The number of nitrogens with one attached hydrogen (secondary N) is 1. The Hall–Kier alpha value is -0.650. The van der Waals surface area contributed by atoms with Crippen LogP contribution in [-0.4, -0.2) is 54.7 Å². The van der Waals surface area contributed by atoms with Gasteiger partial charge in [0.2, 0.25) is 5.91 Å². The topological polar surface area (TPSA) is 67.6 Å². The first-order valence-electron chi connectivity index (χ1n) is 7.25. The van der Waals surface area contributed by atoms with Crippen LogP contribution in [0.1, 0.15) is 39.5 Å². The molecule has 0 aromatic heterocycles. The van der Waals surface area contributed by atoms with Crippen molar-refractivity contribution in [2.24, 2.45) is 5.73 Å². The van der Waals surface area contributed by atoms with Crippen molar-refractivity contribution in [3.63, 3.8) is 0 Å². The molecule has 0 spiro atoms. The van der Waals surface area contributed by atoms with Gasteiger partial charge in [-0.15, -0.1) is 0 Å². The Labute approximate surface area is 115 Å². The van der Waals surface area contributed by atoms with Crippen LogP contribution >= 0.6 is 0 Å². The molecule has 0 radical (unpaired) electrons. The van der Waals surface area contributed by atoms with Gasteiger partial charge in [-0.3, -0.25) is 9.69 Å². The lowest BCUT2D eigenvalue weighted by atomic mass is 9.77. The third kappa shape index (κ3) is 3.09. The number of hydrogen-bond acceptors (Lipinski definition) is 4. The van der Waals surface area contributed by atoms with Crippen molar-refractivity contribution >= 4 is 5.91 Å². The zero-order valence-electron chi connectivity index (χ0n) is 12.4. The van der Waals surface area contributed by atoms with Crippen LogP contribution in [0.15, 0.2) is 0 Å². The minimum atomic E-state index is -0.522. The molecule has 1 saturated carbocycles. The molecular weight excluding hydrogens is 242 g/mol. The standard InChI is InChI=1S/C14H27N3O2/c1-13(2)10-17(7-8-19-13)11-5-4-6-14(9-11,16-3)12(15)18/h11,16H,4-10H2,1-3H3,(H2,15,18). The first kappa shape index (κ1) is 14.8. The number of carbonyl (C=O) groups is 1. The van der Waals surface area contributed by atoms with Crippen LogP contribution < -0.4 is 11.1 Å². The van der Waals surface area contributed by atoms with Gasteiger partial charge in [0.15, 0.2) is 0 Å². The van der Waals surface area contributed by atoms with Crippen molar-refractivity contribution < 1.29 is 9.53 Å². The number of likely N-dealkylation sites (N-methyl/N-ethyl adjacent to an activating group) is 1. The monoisotopic (exact) mass is 269 g/mol. The predicted octanol–water partition coefficient (Wildman–Crippen LogP) is 0.483.